The van der Waals surface area contributed by atoms with Gasteiger partial charge in [-0.2, -0.15) is 0 Å². The summed E-state index contributed by atoms with van der Waals surface area (Å²) in [4.78, 5) is 4.23. The van der Waals surface area contributed by atoms with E-state index in [1.54, 1.807) is 19.2 Å². The van der Waals surface area contributed by atoms with Crippen LogP contribution in [0.4, 0.5) is 5.82 Å². The summed E-state index contributed by atoms with van der Waals surface area (Å²) in [5, 5.41) is 13.4. The smallest absolute Gasteiger partial charge is 0.141 e. The Kier molecular flexibility index (Phi) is 1.77. The molecule has 3 nitrogen and oxygen atoms in total. The largest absolute Gasteiger partial charge is 0.506 e. The molecule has 0 radical (unpaired) electrons. The average molecular weight is 174 g/mol. The van der Waals surface area contributed by atoms with Gasteiger partial charge in [-0.1, -0.05) is 12.1 Å². The normalized spacial score (nSPS) is 10.2. The number of phenols is 1. The summed E-state index contributed by atoms with van der Waals surface area (Å²) < 4.78 is 0. The van der Waals surface area contributed by atoms with E-state index < -0.39 is 0 Å². The summed E-state index contributed by atoms with van der Waals surface area (Å²) in [6.45, 7) is 0. The number of fused-ring (bicyclic) bond motifs is 1. The van der Waals surface area contributed by atoms with Gasteiger partial charge in [-0.05, 0) is 18.2 Å². The second-order valence-corrected chi connectivity index (χ2v) is 2.80. The van der Waals surface area contributed by atoms with Crippen molar-refractivity contribution in [1.29, 1.82) is 0 Å². The first-order valence-corrected chi connectivity index (χ1v) is 4.08. The maximum atomic E-state index is 9.50. The Morgan fingerprint density at radius 2 is 2.08 bits per heavy atom. The van der Waals surface area contributed by atoms with E-state index in [-0.39, 0.29) is 5.75 Å². The zero-order valence-corrected chi connectivity index (χ0v) is 7.28. The summed E-state index contributed by atoms with van der Waals surface area (Å²) in [5.74, 6) is 0.976. The first-order valence-electron chi connectivity index (χ1n) is 4.08. The summed E-state index contributed by atoms with van der Waals surface area (Å²) >= 11 is 0. The number of rotatable bonds is 1. The van der Waals surface area contributed by atoms with E-state index in [1.165, 1.54) is 0 Å². The molecule has 0 saturated carbocycles. The van der Waals surface area contributed by atoms with Gasteiger partial charge in [0.15, 0.2) is 0 Å². The molecule has 0 amide bonds. The third-order valence-corrected chi connectivity index (χ3v) is 1.96. The fourth-order valence-corrected chi connectivity index (χ4v) is 1.27. The minimum absolute atomic E-state index is 0.217. The lowest BCUT2D eigenvalue weighted by Crippen LogP contribution is -1.91. The van der Waals surface area contributed by atoms with Gasteiger partial charge in [0.2, 0.25) is 0 Å². The van der Waals surface area contributed by atoms with Gasteiger partial charge in [0.1, 0.15) is 17.1 Å². The summed E-state index contributed by atoms with van der Waals surface area (Å²) in [6.07, 6.45) is 0. The van der Waals surface area contributed by atoms with Crippen LogP contribution in [0.3, 0.4) is 0 Å². The maximum absolute atomic E-state index is 9.50. The zero-order chi connectivity index (χ0) is 9.26. The first kappa shape index (κ1) is 7.86. The molecule has 0 bridgehead atoms. The number of para-hydroxylation sites is 1. The van der Waals surface area contributed by atoms with Gasteiger partial charge in [-0.3, -0.25) is 0 Å². The monoisotopic (exact) mass is 174 g/mol. The van der Waals surface area contributed by atoms with Crippen molar-refractivity contribution < 1.29 is 5.11 Å². The molecule has 1 heterocycles. The number of benzene rings is 1. The number of nitrogens with zero attached hydrogens (tertiary/aromatic N) is 1. The zero-order valence-electron chi connectivity index (χ0n) is 7.28. The van der Waals surface area contributed by atoms with Crippen LogP contribution in [0.25, 0.3) is 10.9 Å². The van der Waals surface area contributed by atoms with Crippen molar-refractivity contribution in [3.05, 3.63) is 30.3 Å². The van der Waals surface area contributed by atoms with E-state index in [0.29, 0.717) is 5.52 Å². The van der Waals surface area contributed by atoms with Gasteiger partial charge in [-0.25, -0.2) is 4.98 Å². The highest BCUT2D eigenvalue weighted by atomic mass is 16.3. The van der Waals surface area contributed by atoms with Crippen LogP contribution in [0, 0.1) is 0 Å². The standard InChI is InChI=1S/C10H10N2O/c1-11-9-6-5-7-3-2-4-8(13)10(7)12-9/h2-6,13H,1H3,(H,11,12). The van der Waals surface area contributed by atoms with E-state index in [1.807, 2.05) is 18.2 Å². The number of hydrogen-bond donors (Lipinski definition) is 2. The average Bonchev–Trinajstić information content (AvgIpc) is 2.18. The fraction of sp³-hybridized carbons (Fsp3) is 0.100. The van der Waals surface area contributed by atoms with Crippen LogP contribution in [0.5, 0.6) is 5.75 Å². The SMILES string of the molecule is CNc1ccc2cccc(O)c2n1. The van der Waals surface area contributed by atoms with Gasteiger partial charge < -0.3 is 10.4 Å². The number of aromatic hydroxyl groups is 1. The van der Waals surface area contributed by atoms with Crippen LogP contribution in [-0.2, 0) is 0 Å². The highest BCUT2D eigenvalue weighted by molar-refractivity contribution is 5.85. The van der Waals surface area contributed by atoms with Crippen LogP contribution in [0.1, 0.15) is 0 Å². The summed E-state index contributed by atoms with van der Waals surface area (Å²) in [5.41, 5.74) is 0.634. The Morgan fingerprint density at radius 1 is 1.23 bits per heavy atom. The number of aromatic nitrogens is 1. The van der Waals surface area contributed by atoms with Crippen molar-refractivity contribution in [3.8, 4) is 5.75 Å². The molecule has 2 aromatic rings. The van der Waals surface area contributed by atoms with Crippen LogP contribution in [0.2, 0.25) is 0 Å². The van der Waals surface area contributed by atoms with Crippen molar-refractivity contribution in [3.63, 3.8) is 0 Å². The molecule has 0 unspecified atom stereocenters. The third-order valence-electron chi connectivity index (χ3n) is 1.96. The third kappa shape index (κ3) is 1.28. The van der Waals surface area contributed by atoms with Gasteiger partial charge in [0.25, 0.3) is 0 Å². The number of hydrogen-bond acceptors (Lipinski definition) is 3. The molecule has 1 aromatic carbocycles. The highest BCUT2D eigenvalue weighted by Crippen LogP contribution is 2.23. The second kappa shape index (κ2) is 2.94. The molecule has 2 N–H and O–H groups in total. The first-order chi connectivity index (χ1) is 6.31. The lowest BCUT2D eigenvalue weighted by Gasteiger charge is -2.02. The van der Waals surface area contributed by atoms with Gasteiger partial charge in [0, 0.05) is 12.4 Å². The fourth-order valence-electron chi connectivity index (χ4n) is 1.27. The van der Waals surface area contributed by atoms with Crippen LogP contribution in [0.15, 0.2) is 30.3 Å². The van der Waals surface area contributed by atoms with Crippen LogP contribution in [-0.4, -0.2) is 17.1 Å². The molecule has 0 saturated heterocycles. The topological polar surface area (TPSA) is 45.1 Å². The van der Waals surface area contributed by atoms with E-state index in [0.717, 1.165) is 11.2 Å². The Morgan fingerprint density at radius 3 is 2.85 bits per heavy atom. The lowest BCUT2D eigenvalue weighted by molar-refractivity contribution is 0.480. The van der Waals surface area contributed by atoms with Crippen molar-refractivity contribution in [2.75, 3.05) is 12.4 Å². The number of anilines is 1. The number of pyridine rings is 1. The van der Waals surface area contributed by atoms with Crippen molar-refractivity contribution >= 4 is 16.7 Å². The Balaban J connectivity index is 2.74. The number of phenolic OH excluding ortho intramolecular Hbond substituents is 1. The van der Waals surface area contributed by atoms with Gasteiger partial charge >= 0.3 is 0 Å². The molecule has 2 rings (SSSR count). The molecular formula is C10H10N2O. The minimum Gasteiger partial charge on any atom is -0.506 e. The van der Waals surface area contributed by atoms with Gasteiger partial charge in [0.05, 0.1) is 0 Å². The molecule has 0 aliphatic heterocycles. The minimum atomic E-state index is 0.217. The molecule has 3 heteroatoms. The molecule has 1 aromatic heterocycles. The van der Waals surface area contributed by atoms with Crippen molar-refractivity contribution in [1.82, 2.24) is 4.98 Å². The molecular weight excluding hydrogens is 164 g/mol. The molecule has 0 spiro atoms. The molecule has 66 valence electrons. The quantitative estimate of drug-likeness (QED) is 0.694. The van der Waals surface area contributed by atoms with Crippen LogP contribution >= 0.6 is 0 Å². The van der Waals surface area contributed by atoms with Gasteiger partial charge in [-0.15, -0.1) is 0 Å². The molecule has 0 aliphatic carbocycles. The Bertz CT molecular complexity index is 440. The predicted molar refractivity (Wildman–Crippen MR) is 53.0 cm³/mol. The van der Waals surface area contributed by atoms with E-state index >= 15 is 0 Å². The Hall–Kier alpha value is -1.77. The van der Waals surface area contributed by atoms with Crippen molar-refractivity contribution in [2.24, 2.45) is 0 Å². The summed E-state index contributed by atoms with van der Waals surface area (Å²) in [7, 11) is 1.80. The molecule has 0 fully saturated rings. The molecule has 0 atom stereocenters. The molecule has 13 heavy (non-hydrogen) atoms. The second-order valence-electron chi connectivity index (χ2n) is 2.80. The predicted octanol–water partition coefficient (Wildman–Crippen LogP) is 1.98. The van der Waals surface area contributed by atoms with E-state index in [2.05, 4.69) is 10.3 Å². The Labute approximate surface area is 76.0 Å². The maximum Gasteiger partial charge on any atom is 0.141 e. The lowest BCUT2D eigenvalue weighted by atomic mass is 10.2. The number of nitrogens with one attached hydrogen (secondary N) is 1. The molecule has 0 aliphatic rings. The highest BCUT2D eigenvalue weighted by Gasteiger charge is 2.00. The van der Waals surface area contributed by atoms with Crippen LogP contribution < -0.4 is 5.32 Å². The van der Waals surface area contributed by atoms with E-state index in [9.17, 15) is 5.11 Å². The van der Waals surface area contributed by atoms with E-state index in [4.69, 9.17) is 0 Å². The summed E-state index contributed by atoms with van der Waals surface area (Å²) in [6, 6.07) is 9.16. The van der Waals surface area contributed by atoms with Crippen molar-refractivity contribution in [2.45, 2.75) is 0 Å².